The second kappa shape index (κ2) is 11.4. The third-order valence-electron chi connectivity index (χ3n) is 5.45. The minimum atomic E-state index is -4.27. The molecule has 37 heavy (non-hydrogen) atoms. The Bertz CT molecular complexity index is 1350. The van der Waals surface area contributed by atoms with E-state index in [0.717, 1.165) is 10.4 Å². The Morgan fingerprint density at radius 3 is 2.43 bits per heavy atom. The van der Waals surface area contributed by atoms with E-state index in [4.69, 9.17) is 18.9 Å². The maximum absolute atomic E-state index is 14.0. The summed E-state index contributed by atoms with van der Waals surface area (Å²) in [5.74, 6) is 0.749. The molecule has 4 rings (SSSR count). The van der Waals surface area contributed by atoms with Crippen molar-refractivity contribution in [3.8, 4) is 23.0 Å². The van der Waals surface area contributed by atoms with Gasteiger partial charge in [0.25, 0.3) is 10.0 Å². The number of hydrogen-bond donors (Lipinski definition) is 1. The summed E-state index contributed by atoms with van der Waals surface area (Å²) in [5, 5.41) is 2.73. The quantitative estimate of drug-likeness (QED) is 0.429. The summed E-state index contributed by atoms with van der Waals surface area (Å²) in [6.45, 7) is 1.93. The van der Waals surface area contributed by atoms with Crippen LogP contribution in [-0.4, -0.2) is 53.8 Å². The summed E-state index contributed by atoms with van der Waals surface area (Å²) in [5.41, 5.74) is 0.00664. The van der Waals surface area contributed by atoms with Crippen LogP contribution in [0.3, 0.4) is 0 Å². The van der Waals surface area contributed by atoms with Gasteiger partial charge in [0.1, 0.15) is 43.7 Å². The third-order valence-corrected chi connectivity index (χ3v) is 7.22. The number of hydrogen-bond acceptors (Lipinski definition) is 7. The van der Waals surface area contributed by atoms with Crippen molar-refractivity contribution < 1.29 is 36.6 Å². The van der Waals surface area contributed by atoms with Gasteiger partial charge in [-0.15, -0.1) is 0 Å². The summed E-state index contributed by atoms with van der Waals surface area (Å²) in [4.78, 5) is 12.8. The van der Waals surface area contributed by atoms with Crippen molar-refractivity contribution in [3.05, 3.63) is 72.5 Å². The van der Waals surface area contributed by atoms with Crippen molar-refractivity contribution in [2.24, 2.45) is 0 Å². The van der Waals surface area contributed by atoms with Gasteiger partial charge in [0, 0.05) is 6.07 Å². The van der Waals surface area contributed by atoms with E-state index in [-0.39, 0.29) is 29.5 Å². The van der Waals surface area contributed by atoms with Gasteiger partial charge in [0.05, 0.1) is 23.7 Å². The summed E-state index contributed by atoms with van der Waals surface area (Å²) in [6, 6.07) is 15.7. The number of halogens is 1. The molecule has 196 valence electrons. The lowest BCUT2D eigenvalue weighted by Gasteiger charge is -2.26. The Morgan fingerprint density at radius 1 is 1.03 bits per heavy atom. The van der Waals surface area contributed by atoms with E-state index in [0.29, 0.717) is 23.9 Å². The predicted molar refractivity (Wildman–Crippen MR) is 134 cm³/mol. The summed E-state index contributed by atoms with van der Waals surface area (Å²) < 4.78 is 63.8. The topological polar surface area (TPSA) is 103 Å². The second-order valence-electron chi connectivity index (χ2n) is 8.25. The first-order valence-corrected chi connectivity index (χ1v) is 12.9. The lowest BCUT2D eigenvalue weighted by Crippen LogP contribution is -2.45. The number of ether oxygens (including phenoxy) is 4. The Balaban J connectivity index is 1.49. The molecular formula is C26H27FN2O7S. The number of fused-ring (bicyclic) bond motifs is 1. The van der Waals surface area contributed by atoms with Crippen LogP contribution in [-0.2, 0) is 14.8 Å². The number of nitrogens with one attached hydrogen (secondary N) is 1. The molecule has 1 N–H and O–H groups in total. The van der Waals surface area contributed by atoms with E-state index in [2.05, 4.69) is 5.32 Å². The van der Waals surface area contributed by atoms with Gasteiger partial charge in [-0.05, 0) is 61.5 Å². The van der Waals surface area contributed by atoms with Crippen LogP contribution in [0.15, 0.2) is 71.6 Å². The van der Waals surface area contributed by atoms with Crippen LogP contribution in [0.1, 0.15) is 6.92 Å². The average molecular weight is 531 g/mol. The minimum absolute atomic E-state index is 0.00664. The summed E-state index contributed by atoms with van der Waals surface area (Å²) in [6.07, 6.45) is 0. The molecule has 0 saturated heterocycles. The number of amides is 1. The number of sulfonamides is 1. The molecule has 1 unspecified atom stereocenters. The second-order valence-corrected chi connectivity index (χ2v) is 10.1. The van der Waals surface area contributed by atoms with Gasteiger partial charge < -0.3 is 24.3 Å². The van der Waals surface area contributed by atoms with Crippen molar-refractivity contribution >= 4 is 21.6 Å². The number of carbonyl (C=O) groups is 1. The van der Waals surface area contributed by atoms with Crippen LogP contribution in [0.25, 0.3) is 0 Å². The van der Waals surface area contributed by atoms with Crippen LogP contribution in [0.5, 0.6) is 23.0 Å². The van der Waals surface area contributed by atoms with E-state index < -0.39 is 34.3 Å². The number of benzene rings is 3. The van der Waals surface area contributed by atoms with E-state index >= 15 is 0 Å². The van der Waals surface area contributed by atoms with Gasteiger partial charge >= 0.3 is 0 Å². The maximum atomic E-state index is 14.0. The van der Waals surface area contributed by atoms with Crippen LogP contribution >= 0.6 is 0 Å². The SMILES string of the molecule is COc1ccc(OCC(C)NC(=O)CN(c2cccc(F)c2)S(=O)(=O)c2ccc3c(c2)OCCO3)cc1. The monoisotopic (exact) mass is 530 g/mol. The Kier molecular flexibility index (Phi) is 8.02. The third kappa shape index (κ3) is 6.42. The lowest BCUT2D eigenvalue weighted by atomic mass is 10.3. The molecule has 9 nitrogen and oxygen atoms in total. The molecule has 0 fully saturated rings. The number of methoxy groups -OCH3 is 1. The highest BCUT2D eigenvalue weighted by atomic mass is 32.2. The molecule has 3 aromatic rings. The molecular weight excluding hydrogens is 503 g/mol. The van der Waals surface area contributed by atoms with Crippen molar-refractivity contribution in [3.63, 3.8) is 0 Å². The van der Waals surface area contributed by atoms with E-state index in [1.54, 1.807) is 38.3 Å². The molecule has 1 atom stereocenters. The molecule has 1 amide bonds. The smallest absolute Gasteiger partial charge is 0.264 e. The highest BCUT2D eigenvalue weighted by molar-refractivity contribution is 7.92. The van der Waals surface area contributed by atoms with Gasteiger partial charge in [-0.25, -0.2) is 12.8 Å². The molecule has 0 radical (unpaired) electrons. The fourth-order valence-electron chi connectivity index (χ4n) is 3.64. The molecule has 0 spiro atoms. The Morgan fingerprint density at radius 2 is 1.73 bits per heavy atom. The van der Waals surface area contributed by atoms with Gasteiger partial charge in [-0.3, -0.25) is 9.10 Å². The molecule has 0 aromatic heterocycles. The molecule has 0 saturated carbocycles. The van der Waals surface area contributed by atoms with Crippen molar-refractivity contribution in [1.82, 2.24) is 5.32 Å². The number of nitrogens with zero attached hydrogens (tertiary/aromatic N) is 1. The van der Waals surface area contributed by atoms with Gasteiger partial charge in [0.15, 0.2) is 11.5 Å². The van der Waals surface area contributed by atoms with E-state index in [1.165, 1.54) is 36.4 Å². The van der Waals surface area contributed by atoms with E-state index in [9.17, 15) is 17.6 Å². The molecule has 11 heteroatoms. The van der Waals surface area contributed by atoms with Crippen LogP contribution < -0.4 is 28.6 Å². The van der Waals surface area contributed by atoms with Crippen LogP contribution in [0.4, 0.5) is 10.1 Å². The van der Waals surface area contributed by atoms with Gasteiger partial charge in [-0.2, -0.15) is 0 Å². The fraction of sp³-hybridized carbons (Fsp3) is 0.269. The van der Waals surface area contributed by atoms with Crippen LogP contribution in [0, 0.1) is 5.82 Å². The summed E-state index contributed by atoms with van der Waals surface area (Å²) >= 11 is 0. The number of rotatable bonds is 10. The molecule has 1 heterocycles. The normalized spacial score (nSPS) is 13.4. The Labute approximate surface area is 214 Å². The molecule has 1 aliphatic heterocycles. The van der Waals surface area contributed by atoms with Crippen molar-refractivity contribution in [2.75, 3.05) is 37.8 Å². The predicted octanol–water partition coefficient (Wildman–Crippen LogP) is 3.38. The largest absolute Gasteiger partial charge is 0.497 e. The van der Waals surface area contributed by atoms with Crippen LogP contribution in [0.2, 0.25) is 0 Å². The highest BCUT2D eigenvalue weighted by Gasteiger charge is 2.29. The zero-order chi connectivity index (χ0) is 26.4. The molecule has 0 bridgehead atoms. The summed E-state index contributed by atoms with van der Waals surface area (Å²) in [7, 11) is -2.71. The first-order valence-electron chi connectivity index (χ1n) is 11.5. The van der Waals surface area contributed by atoms with Crippen molar-refractivity contribution in [1.29, 1.82) is 0 Å². The van der Waals surface area contributed by atoms with Crippen molar-refractivity contribution in [2.45, 2.75) is 17.9 Å². The first kappa shape index (κ1) is 26.1. The maximum Gasteiger partial charge on any atom is 0.264 e. The Hall–Kier alpha value is -3.99. The standard InChI is InChI=1S/C26H27FN2O7S/c1-18(17-36-22-8-6-21(33-2)7-9-22)28-26(30)16-29(20-5-3-4-19(27)14-20)37(31,32)23-10-11-24-25(15-23)35-13-12-34-24/h3-11,14-15,18H,12-13,16-17H2,1-2H3,(H,28,30). The zero-order valence-corrected chi connectivity index (χ0v) is 21.2. The average Bonchev–Trinajstić information content (AvgIpc) is 2.90. The van der Waals surface area contributed by atoms with Gasteiger partial charge in [-0.1, -0.05) is 6.07 Å². The lowest BCUT2D eigenvalue weighted by molar-refractivity contribution is -0.120. The number of carbonyl (C=O) groups excluding carboxylic acids is 1. The molecule has 3 aromatic carbocycles. The number of anilines is 1. The van der Waals surface area contributed by atoms with E-state index in [1.807, 2.05) is 0 Å². The minimum Gasteiger partial charge on any atom is -0.497 e. The molecule has 1 aliphatic rings. The zero-order valence-electron chi connectivity index (χ0n) is 20.3. The fourth-order valence-corrected chi connectivity index (χ4v) is 5.07. The highest BCUT2D eigenvalue weighted by Crippen LogP contribution is 2.34. The molecule has 0 aliphatic carbocycles. The van der Waals surface area contributed by atoms with Gasteiger partial charge in [0.2, 0.25) is 5.91 Å². The first-order chi connectivity index (χ1) is 17.8.